The van der Waals surface area contributed by atoms with Crippen LogP contribution in [0.3, 0.4) is 0 Å². The first-order chi connectivity index (χ1) is 10.6. The molecule has 110 valence electrons. The number of phenols is 1. The normalized spacial score (nSPS) is 22.6. The van der Waals surface area contributed by atoms with Crippen molar-refractivity contribution in [3.8, 4) is 5.75 Å². The van der Waals surface area contributed by atoms with Gasteiger partial charge in [0.1, 0.15) is 5.75 Å². The molecule has 22 heavy (non-hydrogen) atoms. The second-order valence-corrected chi connectivity index (χ2v) is 5.81. The molecule has 2 aliphatic rings. The smallest absolute Gasteiger partial charge is 0.281 e. The van der Waals surface area contributed by atoms with Crippen LogP contribution in [0.4, 0.5) is 5.69 Å². The molecule has 0 saturated heterocycles. The fourth-order valence-corrected chi connectivity index (χ4v) is 3.84. The predicted molar refractivity (Wildman–Crippen MR) is 81.2 cm³/mol. The molecule has 0 heterocycles. The third kappa shape index (κ3) is 1.51. The van der Waals surface area contributed by atoms with E-state index in [1.165, 1.54) is 0 Å². The van der Waals surface area contributed by atoms with Crippen LogP contribution in [0.15, 0.2) is 36.4 Å². The molecule has 0 bridgehead atoms. The molecule has 5 nitrogen and oxygen atoms in total. The number of nitro groups is 1. The van der Waals surface area contributed by atoms with E-state index in [0.717, 1.165) is 0 Å². The highest BCUT2D eigenvalue weighted by molar-refractivity contribution is 6.13. The Morgan fingerprint density at radius 3 is 2.41 bits per heavy atom. The first-order valence-corrected chi connectivity index (χ1v) is 7.22. The zero-order valence-corrected chi connectivity index (χ0v) is 11.7. The van der Waals surface area contributed by atoms with Gasteiger partial charge in [-0.1, -0.05) is 30.4 Å². The van der Waals surface area contributed by atoms with Crippen molar-refractivity contribution in [2.75, 3.05) is 0 Å². The van der Waals surface area contributed by atoms with Crippen molar-refractivity contribution in [2.45, 2.75) is 18.8 Å². The van der Waals surface area contributed by atoms with E-state index in [1.807, 2.05) is 12.2 Å². The molecule has 2 aromatic rings. The van der Waals surface area contributed by atoms with Crippen molar-refractivity contribution in [2.24, 2.45) is 5.92 Å². The van der Waals surface area contributed by atoms with Crippen LogP contribution in [0.5, 0.6) is 5.75 Å². The zero-order valence-electron chi connectivity index (χ0n) is 11.7. The van der Waals surface area contributed by atoms with Crippen molar-refractivity contribution in [1.82, 2.24) is 0 Å². The molecule has 0 aliphatic heterocycles. The Labute approximate surface area is 126 Å². The lowest BCUT2D eigenvalue weighted by Crippen LogP contribution is -2.15. The maximum absolute atomic E-state index is 12.7. The van der Waals surface area contributed by atoms with Gasteiger partial charge < -0.3 is 5.11 Å². The summed E-state index contributed by atoms with van der Waals surface area (Å²) >= 11 is 0. The van der Waals surface area contributed by atoms with Gasteiger partial charge in [-0.15, -0.1) is 0 Å². The van der Waals surface area contributed by atoms with Crippen LogP contribution in [-0.2, 0) is 0 Å². The molecule has 5 heteroatoms. The third-order valence-electron chi connectivity index (χ3n) is 4.77. The Kier molecular flexibility index (Phi) is 2.60. The molecule has 2 aliphatic carbocycles. The van der Waals surface area contributed by atoms with E-state index in [-0.39, 0.29) is 34.6 Å². The molecule has 0 spiro atoms. The number of aromatic hydroxyl groups is 1. The number of Topliss-reactive ketones (excluding diaryl/α,β-unsaturated/α-hetero) is 1. The number of hydrogen-bond donors (Lipinski definition) is 1. The summed E-state index contributed by atoms with van der Waals surface area (Å²) in [4.78, 5) is 23.9. The average Bonchev–Trinajstić information content (AvgIpc) is 2.82. The van der Waals surface area contributed by atoms with Crippen LogP contribution >= 0.6 is 0 Å². The van der Waals surface area contributed by atoms with E-state index in [4.69, 9.17) is 0 Å². The number of carbonyl (C=O) groups excluding carboxylic acids is 1. The molecular formula is C17H13NO4. The van der Waals surface area contributed by atoms with Gasteiger partial charge >= 0.3 is 0 Å². The second-order valence-electron chi connectivity index (χ2n) is 5.81. The van der Waals surface area contributed by atoms with Crippen LogP contribution in [-0.4, -0.2) is 15.8 Å². The van der Waals surface area contributed by atoms with Gasteiger partial charge in [-0.05, 0) is 18.9 Å². The fraction of sp³-hybridized carbons (Fsp3) is 0.235. The molecule has 2 atom stereocenters. The van der Waals surface area contributed by atoms with Gasteiger partial charge in [0.05, 0.1) is 15.9 Å². The highest BCUT2D eigenvalue weighted by Crippen LogP contribution is 2.53. The molecule has 0 saturated carbocycles. The van der Waals surface area contributed by atoms with Gasteiger partial charge in [-0.25, -0.2) is 0 Å². The number of ketones is 1. The summed E-state index contributed by atoms with van der Waals surface area (Å²) in [6, 6.07) is 6.65. The topological polar surface area (TPSA) is 80.4 Å². The van der Waals surface area contributed by atoms with E-state index in [1.54, 1.807) is 24.3 Å². The van der Waals surface area contributed by atoms with Gasteiger partial charge in [-0.2, -0.15) is 0 Å². The number of rotatable bonds is 1. The lowest BCUT2D eigenvalue weighted by Gasteiger charge is -2.20. The molecule has 0 aromatic heterocycles. The number of hydrogen-bond acceptors (Lipinski definition) is 4. The number of nitro benzene ring substituents is 1. The second kappa shape index (κ2) is 4.40. The van der Waals surface area contributed by atoms with E-state index in [2.05, 4.69) is 0 Å². The Morgan fingerprint density at radius 1 is 1.09 bits per heavy atom. The lowest BCUT2D eigenvalue weighted by molar-refractivity contribution is -0.383. The van der Waals surface area contributed by atoms with E-state index in [9.17, 15) is 20.0 Å². The summed E-state index contributed by atoms with van der Waals surface area (Å²) in [5.41, 5.74) is 0.546. The summed E-state index contributed by atoms with van der Waals surface area (Å²) in [6.45, 7) is 0. The highest BCUT2D eigenvalue weighted by Gasteiger charge is 2.46. The summed E-state index contributed by atoms with van der Waals surface area (Å²) in [7, 11) is 0. The molecule has 0 radical (unpaired) electrons. The van der Waals surface area contributed by atoms with E-state index >= 15 is 0 Å². The van der Waals surface area contributed by atoms with Crippen LogP contribution in [0.25, 0.3) is 10.8 Å². The first kappa shape index (κ1) is 13.0. The maximum Gasteiger partial charge on any atom is 0.281 e. The molecule has 2 unspecified atom stereocenters. The van der Waals surface area contributed by atoms with Crippen molar-refractivity contribution < 1.29 is 14.8 Å². The number of benzene rings is 2. The zero-order chi connectivity index (χ0) is 15.4. The molecule has 1 N–H and O–H groups in total. The van der Waals surface area contributed by atoms with E-state index < -0.39 is 4.92 Å². The lowest BCUT2D eigenvalue weighted by atomic mass is 9.82. The minimum atomic E-state index is -0.422. The highest BCUT2D eigenvalue weighted by atomic mass is 16.6. The molecule has 4 rings (SSSR count). The van der Waals surface area contributed by atoms with Gasteiger partial charge in [-0.3, -0.25) is 14.9 Å². The quantitative estimate of drug-likeness (QED) is 0.494. The van der Waals surface area contributed by atoms with Crippen molar-refractivity contribution in [3.05, 3.63) is 57.7 Å². The largest absolute Gasteiger partial charge is 0.507 e. The van der Waals surface area contributed by atoms with E-state index in [0.29, 0.717) is 29.2 Å². The van der Waals surface area contributed by atoms with Crippen LogP contribution in [0.2, 0.25) is 0 Å². The number of allylic oxidation sites excluding steroid dienone is 2. The van der Waals surface area contributed by atoms with Gasteiger partial charge in [0.2, 0.25) is 0 Å². The Balaban J connectivity index is 2.16. The Bertz CT molecular complexity index is 869. The summed E-state index contributed by atoms with van der Waals surface area (Å²) in [5.74, 6) is -0.781. The summed E-state index contributed by atoms with van der Waals surface area (Å²) in [6.07, 6.45) is 5.07. The van der Waals surface area contributed by atoms with Gasteiger partial charge in [0.25, 0.3) is 5.69 Å². The van der Waals surface area contributed by atoms with Crippen LogP contribution < -0.4 is 0 Å². The molecule has 0 amide bonds. The van der Waals surface area contributed by atoms with Gasteiger partial charge in [0.15, 0.2) is 5.78 Å². The van der Waals surface area contributed by atoms with Crippen molar-refractivity contribution >= 4 is 22.2 Å². The minimum absolute atomic E-state index is 0.0282. The fourth-order valence-electron chi connectivity index (χ4n) is 3.84. The minimum Gasteiger partial charge on any atom is -0.507 e. The average molecular weight is 295 g/mol. The number of carbonyl (C=O) groups is 1. The number of fused-ring (bicyclic) bond motifs is 4. The van der Waals surface area contributed by atoms with Crippen molar-refractivity contribution in [1.29, 1.82) is 0 Å². The molecule has 2 aromatic carbocycles. The Morgan fingerprint density at radius 2 is 1.73 bits per heavy atom. The maximum atomic E-state index is 12.7. The molecule has 0 fully saturated rings. The number of phenolic OH excluding ortho intramolecular Hbond substituents is 1. The summed E-state index contributed by atoms with van der Waals surface area (Å²) in [5, 5.41) is 23.0. The summed E-state index contributed by atoms with van der Waals surface area (Å²) < 4.78 is 0. The van der Waals surface area contributed by atoms with Crippen LogP contribution in [0.1, 0.15) is 34.7 Å². The molecular weight excluding hydrogens is 282 g/mol. The predicted octanol–water partition coefficient (Wildman–Crippen LogP) is 3.70. The van der Waals surface area contributed by atoms with Crippen molar-refractivity contribution in [3.63, 3.8) is 0 Å². The monoisotopic (exact) mass is 295 g/mol. The van der Waals surface area contributed by atoms with Crippen LogP contribution in [0, 0.1) is 16.0 Å². The third-order valence-corrected chi connectivity index (χ3v) is 4.77. The SMILES string of the molecule is O=C1c2c(c([N+](=O)[O-])c3ccccc3c2O)C2CC=CCC12. The van der Waals surface area contributed by atoms with Gasteiger partial charge in [0, 0.05) is 22.8 Å². The number of nitrogens with zero attached hydrogens (tertiary/aromatic N) is 1. The Hall–Kier alpha value is -2.69. The standard InChI is InChI=1S/C17H13NO4/c19-16-11-7-3-1-5-9(11)13-14(16)17(20)12-8-4-2-6-10(12)15(13)18(21)22/h1-4,6,8-9,11,20H,5,7H2. The first-order valence-electron chi connectivity index (χ1n) is 7.22.